The molecule has 0 bridgehead atoms. The van der Waals surface area contributed by atoms with Crippen LogP contribution in [0.3, 0.4) is 0 Å². The van der Waals surface area contributed by atoms with Gasteiger partial charge in [0.1, 0.15) is 22.2 Å². The van der Waals surface area contributed by atoms with E-state index in [9.17, 15) is 22.0 Å². The molecule has 14 heteroatoms. The number of nitrogens with zero attached hydrogens (tertiary/aromatic N) is 5. The summed E-state index contributed by atoms with van der Waals surface area (Å²) in [5, 5.41) is 11.2. The number of hydrogen-bond donors (Lipinski definition) is 2. The van der Waals surface area contributed by atoms with E-state index in [0.717, 1.165) is 18.5 Å². The van der Waals surface area contributed by atoms with Crippen LogP contribution in [-0.2, 0) is 17.1 Å². The van der Waals surface area contributed by atoms with Crippen molar-refractivity contribution >= 4 is 49.8 Å². The molecule has 188 valence electrons. The maximum absolute atomic E-state index is 13.4. The molecule has 5 aromatic rings. The second kappa shape index (κ2) is 9.26. The smallest absolute Gasteiger partial charge is 0.274 e. The third kappa shape index (κ3) is 4.86. The monoisotopic (exact) mass is 543 g/mol. The van der Waals surface area contributed by atoms with E-state index in [1.807, 2.05) is 0 Å². The van der Waals surface area contributed by atoms with Crippen molar-refractivity contribution in [2.24, 2.45) is 7.05 Å². The number of anilines is 2. The van der Waals surface area contributed by atoms with Crippen LogP contribution in [0, 0.1) is 11.6 Å². The van der Waals surface area contributed by atoms with Gasteiger partial charge in [0.2, 0.25) is 0 Å². The van der Waals surface area contributed by atoms with E-state index in [1.165, 1.54) is 52.0 Å². The van der Waals surface area contributed by atoms with E-state index in [2.05, 4.69) is 25.2 Å². The summed E-state index contributed by atoms with van der Waals surface area (Å²) in [6, 6.07) is 10.9. The first-order valence-corrected chi connectivity index (χ1v) is 12.4. The summed E-state index contributed by atoms with van der Waals surface area (Å²) >= 11 is 5.78. The molecule has 0 radical (unpaired) electrons. The lowest BCUT2D eigenvalue weighted by molar-refractivity contribution is 0.101. The van der Waals surface area contributed by atoms with Gasteiger partial charge in [-0.05, 0) is 48.5 Å². The zero-order chi connectivity index (χ0) is 26.3. The highest BCUT2D eigenvalue weighted by atomic mass is 35.5. The molecule has 0 saturated carbocycles. The zero-order valence-corrected chi connectivity index (χ0v) is 20.4. The van der Waals surface area contributed by atoms with E-state index in [-0.39, 0.29) is 27.1 Å². The van der Waals surface area contributed by atoms with Crippen molar-refractivity contribution in [3.63, 3.8) is 0 Å². The predicted molar refractivity (Wildman–Crippen MR) is 132 cm³/mol. The van der Waals surface area contributed by atoms with Crippen molar-refractivity contribution in [3.05, 3.63) is 89.5 Å². The predicted octanol–water partition coefficient (Wildman–Crippen LogP) is 4.14. The standard InChI is InChI=1S/C23H16ClF2N7O3S/c1-32-22(23(34)29-14-4-6-19(26)18(24)8-14)17-5-3-15(9-20(17)30-32)31-37(35,36)16-11-28-33(12-16)21-7-2-13(25)10-27-21/h2-12,31H,1H3,(H,29,34). The SMILES string of the molecule is Cn1nc2cc(NS(=O)(=O)c3cnn(-c4ccc(F)cn4)c3)ccc2c1C(=O)Nc1ccc(F)c(Cl)c1. The number of sulfonamides is 1. The van der Waals surface area contributed by atoms with Gasteiger partial charge < -0.3 is 5.32 Å². The van der Waals surface area contributed by atoms with E-state index >= 15 is 0 Å². The maximum atomic E-state index is 13.4. The van der Waals surface area contributed by atoms with Crippen LogP contribution >= 0.6 is 11.6 Å². The highest BCUT2D eigenvalue weighted by molar-refractivity contribution is 7.92. The molecule has 3 heterocycles. The van der Waals surface area contributed by atoms with Gasteiger partial charge in [-0.3, -0.25) is 14.2 Å². The van der Waals surface area contributed by atoms with Crippen molar-refractivity contribution in [1.29, 1.82) is 0 Å². The lowest BCUT2D eigenvalue weighted by Gasteiger charge is -2.07. The first-order chi connectivity index (χ1) is 17.6. The van der Waals surface area contributed by atoms with Gasteiger partial charge in [0, 0.05) is 18.1 Å². The molecule has 0 saturated heterocycles. The molecule has 0 atom stereocenters. The fourth-order valence-electron chi connectivity index (χ4n) is 3.59. The molecule has 37 heavy (non-hydrogen) atoms. The Morgan fingerprint density at radius 3 is 2.54 bits per heavy atom. The molecule has 5 rings (SSSR count). The Morgan fingerprint density at radius 1 is 1.03 bits per heavy atom. The largest absolute Gasteiger partial charge is 0.321 e. The first-order valence-electron chi connectivity index (χ1n) is 10.5. The summed E-state index contributed by atoms with van der Waals surface area (Å²) in [5.74, 6) is -1.41. The molecular weight excluding hydrogens is 528 g/mol. The van der Waals surface area contributed by atoms with Crippen LogP contribution in [0.25, 0.3) is 16.7 Å². The van der Waals surface area contributed by atoms with Crippen molar-refractivity contribution in [3.8, 4) is 5.82 Å². The minimum Gasteiger partial charge on any atom is -0.321 e. The molecule has 0 aliphatic rings. The van der Waals surface area contributed by atoms with Gasteiger partial charge in [0.25, 0.3) is 15.9 Å². The average molecular weight is 544 g/mol. The minimum atomic E-state index is -4.04. The molecule has 10 nitrogen and oxygen atoms in total. The third-order valence-electron chi connectivity index (χ3n) is 5.29. The molecule has 0 aliphatic heterocycles. The molecule has 0 spiro atoms. The van der Waals surface area contributed by atoms with Crippen molar-refractivity contribution < 1.29 is 22.0 Å². The average Bonchev–Trinajstić information content (AvgIpc) is 3.46. The van der Waals surface area contributed by atoms with Crippen LogP contribution in [0.4, 0.5) is 20.2 Å². The molecule has 2 N–H and O–H groups in total. The Labute approximate surface area is 213 Å². The third-order valence-corrected chi connectivity index (χ3v) is 6.92. The highest BCUT2D eigenvalue weighted by Crippen LogP contribution is 2.26. The molecule has 0 unspecified atom stereocenters. The quantitative estimate of drug-likeness (QED) is 0.332. The highest BCUT2D eigenvalue weighted by Gasteiger charge is 2.21. The van der Waals surface area contributed by atoms with E-state index < -0.39 is 27.6 Å². The van der Waals surface area contributed by atoms with Crippen molar-refractivity contribution in [2.45, 2.75) is 4.90 Å². The molecule has 1 amide bonds. The molecule has 0 aliphatic carbocycles. The number of pyridine rings is 1. The normalized spacial score (nSPS) is 11.6. The second-order valence-electron chi connectivity index (χ2n) is 7.85. The number of benzene rings is 2. The Bertz CT molecular complexity index is 1770. The lowest BCUT2D eigenvalue weighted by atomic mass is 10.2. The van der Waals surface area contributed by atoms with Crippen molar-refractivity contribution in [1.82, 2.24) is 24.5 Å². The van der Waals surface area contributed by atoms with Gasteiger partial charge in [0.15, 0.2) is 5.82 Å². The number of aromatic nitrogens is 5. The van der Waals surface area contributed by atoms with E-state index in [1.54, 1.807) is 13.1 Å². The summed E-state index contributed by atoms with van der Waals surface area (Å²) in [4.78, 5) is 16.6. The number of halogens is 3. The minimum absolute atomic E-state index is 0.135. The van der Waals surface area contributed by atoms with Gasteiger partial charge in [-0.15, -0.1) is 0 Å². The van der Waals surface area contributed by atoms with Crippen LogP contribution in [0.5, 0.6) is 0 Å². The Hall–Kier alpha value is -4.36. The zero-order valence-electron chi connectivity index (χ0n) is 18.9. The number of fused-ring (bicyclic) bond motifs is 1. The molecule has 0 fully saturated rings. The number of amides is 1. The van der Waals surface area contributed by atoms with Crippen LogP contribution in [0.1, 0.15) is 10.5 Å². The molecule has 3 aromatic heterocycles. The van der Waals surface area contributed by atoms with Gasteiger partial charge in [-0.25, -0.2) is 26.9 Å². The summed E-state index contributed by atoms with van der Waals surface area (Å²) in [7, 11) is -2.47. The summed E-state index contributed by atoms with van der Waals surface area (Å²) in [6.07, 6.45) is 3.37. The van der Waals surface area contributed by atoms with Crippen LogP contribution in [0.2, 0.25) is 5.02 Å². The Morgan fingerprint density at radius 2 is 1.81 bits per heavy atom. The van der Waals surface area contributed by atoms with E-state index in [0.29, 0.717) is 16.6 Å². The fraction of sp³-hybridized carbons (Fsp3) is 0.0435. The van der Waals surface area contributed by atoms with Crippen LogP contribution in [0.15, 0.2) is 72.0 Å². The fourth-order valence-corrected chi connectivity index (χ4v) is 4.75. The topological polar surface area (TPSA) is 124 Å². The number of rotatable bonds is 6. The second-order valence-corrected chi connectivity index (χ2v) is 9.94. The van der Waals surface area contributed by atoms with Gasteiger partial charge in [-0.1, -0.05) is 11.6 Å². The van der Waals surface area contributed by atoms with Crippen LogP contribution in [-0.4, -0.2) is 38.9 Å². The number of carbonyl (C=O) groups is 1. The van der Waals surface area contributed by atoms with Gasteiger partial charge in [0.05, 0.1) is 34.8 Å². The Balaban J connectivity index is 1.38. The number of nitrogens with one attached hydrogen (secondary N) is 2. The molecule has 2 aromatic carbocycles. The van der Waals surface area contributed by atoms with E-state index in [4.69, 9.17) is 11.6 Å². The maximum Gasteiger partial charge on any atom is 0.274 e. The molecular formula is C23H16ClF2N7O3S. The van der Waals surface area contributed by atoms with Crippen molar-refractivity contribution in [2.75, 3.05) is 10.0 Å². The first kappa shape index (κ1) is 24.3. The van der Waals surface area contributed by atoms with Gasteiger partial charge >= 0.3 is 0 Å². The number of aryl methyl sites for hydroxylation is 1. The van der Waals surface area contributed by atoms with Crippen LogP contribution < -0.4 is 10.0 Å². The number of hydrogen-bond acceptors (Lipinski definition) is 6. The summed E-state index contributed by atoms with van der Waals surface area (Å²) < 4.78 is 57.3. The lowest BCUT2D eigenvalue weighted by Crippen LogP contribution is -2.16. The summed E-state index contributed by atoms with van der Waals surface area (Å²) in [6.45, 7) is 0. The van der Waals surface area contributed by atoms with Gasteiger partial charge in [-0.2, -0.15) is 10.2 Å². The number of carbonyl (C=O) groups excluding carboxylic acids is 1. The summed E-state index contributed by atoms with van der Waals surface area (Å²) in [5.41, 5.74) is 1.07. The Kier molecular flexibility index (Phi) is 6.09.